The summed E-state index contributed by atoms with van der Waals surface area (Å²) in [4.78, 5) is 12.3. The van der Waals surface area contributed by atoms with Crippen LogP contribution in [0.3, 0.4) is 0 Å². The molecule has 2 unspecified atom stereocenters. The van der Waals surface area contributed by atoms with Crippen LogP contribution in [0.25, 0.3) is 0 Å². The molecule has 1 amide bonds. The second-order valence-corrected chi connectivity index (χ2v) is 5.86. The normalized spacial score (nSPS) is 23.1. The second kappa shape index (κ2) is 5.31. The van der Waals surface area contributed by atoms with Crippen molar-refractivity contribution in [2.45, 2.75) is 51.5 Å². The van der Waals surface area contributed by atoms with Crippen LogP contribution in [0.2, 0.25) is 0 Å². The van der Waals surface area contributed by atoms with Crippen molar-refractivity contribution in [3.05, 3.63) is 34.4 Å². The number of carbonyl (C=O) groups is 1. The van der Waals surface area contributed by atoms with Gasteiger partial charge in [0.1, 0.15) is 0 Å². The Hall–Kier alpha value is -1.02. The lowest BCUT2D eigenvalue weighted by molar-refractivity contribution is 0.0937. The molecule has 2 nitrogen and oxygen atoms in total. The molecule has 1 aliphatic carbocycles. The first-order chi connectivity index (χ1) is 8.49. The molecule has 1 aliphatic rings. The minimum absolute atomic E-state index is 0.0163. The predicted octanol–water partition coefficient (Wildman–Crippen LogP) is 3.50. The number of benzene rings is 1. The van der Waals surface area contributed by atoms with Crippen molar-refractivity contribution in [1.82, 2.24) is 5.32 Å². The summed E-state index contributed by atoms with van der Waals surface area (Å²) in [7, 11) is 0. The van der Waals surface area contributed by atoms with E-state index in [1.54, 1.807) is 0 Å². The summed E-state index contributed by atoms with van der Waals surface area (Å²) in [5.41, 5.74) is 4.07. The number of carbonyl (C=O) groups excluding carboxylic acids is 1. The minimum atomic E-state index is 0.0163. The summed E-state index contributed by atoms with van der Waals surface area (Å²) in [6.07, 6.45) is 3.09. The molecule has 18 heavy (non-hydrogen) atoms. The van der Waals surface area contributed by atoms with Crippen molar-refractivity contribution in [3.8, 4) is 0 Å². The Balaban J connectivity index is 2.19. The first-order valence-electron chi connectivity index (χ1n) is 6.52. The van der Waals surface area contributed by atoms with Crippen LogP contribution in [0.1, 0.15) is 46.3 Å². The lowest BCUT2D eigenvalue weighted by atomic mass is 9.99. The standard InChI is InChI=1S/C15H20ClNO/c1-9-7-10(2)14(11(3)8-9)15(18)17-13-6-4-5-12(13)16/h7-8,12-13H,4-6H2,1-3H3,(H,17,18). The van der Waals surface area contributed by atoms with Crippen molar-refractivity contribution in [1.29, 1.82) is 0 Å². The van der Waals surface area contributed by atoms with E-state index in [2.05, 4.69) is 17.4 Å². The van der Waals surface area contributed by atoms with Gasteiger partial charge in [0.25, 0.3) is 5.91 Å². The fourth-order valence-corrected chi connectivity index (χ4v) is 3.20. The number of halogens is 1. The van der Waals surface area contributed by atoms with Gasteiger partial charge >= 0.3 is 0 Å². The van der Waals surface area contributed by atoms with E-state index in [-0.39, 0.29) is 17.3 Å². The molecule has 0 saturated heterocycles. The maximum Gasteiger partial charge on any atom is 0.252 e. The zero-order valence-electron chi connectivity index (χ0n) is 11.2. The summed E-state index contributed by atoms with van der Waals surface area (Å²) in [5.74, 6) is 0.0163. The van der Waals surface area contributed by atoms with E-state index < -0.39 is 0 Å². The van der Waals surface area contributed by atoms with E-state index in [1.807, 2.05) is 20.8 Å². The van der Waals surface area contributed by atoms with Crippen LogP contribution in [0.4, 0.5) is 0 Å². The SMILES string of the molecule is Cc1cc(C)c(C(=O)NC2CCCC2Cl)c(C)c1. The van der Waals surface area contributed by atoms with Crippen molar-refractivity contribution in [3.63, 3.8) is 0 Å². The predicted molar refractivity (Wildman–Crippen MR) is 75.4 cm³/mol. The number of rotatable bonds is 2. The number of amides is 1. The highest BCUT2D eigenvalue weighted by Crippen LogP contribution is 2.25. The lowest BCUT2D eigenvalue weighted by Gasteiger charge is -2.18. The molecule has 2 atom stereocenters. The maximum absolute atomic E-state index is 12.3. The molecule has 0 spiro atoms. The minimum Gasteiger partial charge on any atom is -0.348 e. The van der Waals surface area contributed by atoms with Gasteiger partial charge in [-0.05, 0) is 51.2 Å². The number of hydrogen-bond donors (Lipinski definition) is 1. The zero-order chi connectivity index (χ0) is 13.3. The van der Waals surface area contributed by atoms with E-state index in [0.717, 1.165) is 36.0 Å². The molecule has 0 heterocycles. The average Bonchev–Trinajstić information content (AvgIpc) is 2.62. The van der Waals surface area contributed by atoms with Crippen LogP contribution in [0.15, 0.2) is 12.1 Å². The molecule has 0 aromatic heterocycles. The zero-order valence-corrected chi connectivity index (χ0v) is 12.0. The number of aryl methyl sites for hydroxylation is 3. The molecule has 0 radical (unpaired) electrons. The van der Waals surface area contributed by atoms with Gasteiger partial charge in [0.05, 0.1) is 5.38 Å². The Labute approximate surface area is 114 Å². The van der Waals surface area contributed by atoms with Crippen LogP contribution in [0, 0.1) is 20.8 Å². The summed E-state index contributed by atoms with van der Waals surface area (Å²) < 4.78 is 0. The third kappa shape index (κ3) is 2.69. The van der Waals surface area contributed by atoms with Crippen LogP contribution in [-0.4, -0.2) is 17.3 Å². The quantitative estimate of drug-likeness (QED) is 0.815. The fourth-order valence-electron chi connectivity index (χ4n) is 2.86. The molecule has 2 rings (SSSR count). The number of alkyl halides is 1. The highest BCUT2D eigenvalue weighted by Gasteiger charge is 2.27. The van der Waals surface area contributed by atoms with Crippen LogP contribution in [-0.2, 0) is 0 Å². The summed E-state index contributed by atoms with van der Waals surface area (Å²) in [6, 6.07) is 4.22. The highest BCUT2D eigenvalue weighted by molar-refractivity contribution is 6.21. The van der Waals surface area contributed by atoms with Gasteiger partial charge in [-0.15, -0.1) is 11.6 Å². The Bertz CT molecular complexity index is 447. The lowest BCUT2D eigenvalue weighted by Crippen LogP contribution is -2.38. The van der Waals surface area contributed by atoms with Gasteiger partial charge in [-0.25, -0.2) is 0 Å². The average molecular weight is 266 g/mol. The first-order valence-corrected chi connectivity index (χ1v) is 6.95. The van der Waals surface area contributed by atoms with Crippen molar-refractivity contribution >= 4 is 17.5 Å². The van der Waals surface area contributed by atoms with Crippen molar-refractivity contribution in [2.75, 3.05) is 0 Å². The second-order valence-electron chi connectivity index (χ2n) is 5.30. The van der Waals surface area contributed by atoms with Crippen molar-refractivity contribution in [2.24, 2.45) is 0 Å². The number of hydrogen-bond acceptors (Lipinski definition) is 1. The molecule has 1 fully saturated rings. The van der Waals surface area contributed by atoms with Gasteiger partial charge < -0.3 is 5.32 Å². The van der Waals surface area contributed by atoms with E-state index in [9.17, 15) is 4.79 Å². The molecule has 98 valence electrons. The van der Waals surface area contributed by atoms with Gasteiger partial charge in [-0.2, -0.15) is 0 Å². The van der Waals surface area contributed by atoms with Gasteiger partial charge in [-0.3, -0.25) is 4.79 Å². The maximum atomic E-state index is 12.3. The highest BCUT2D eigenvalue weighted by atomic mass is 35.5. The third-order valence-corrected chi connectivity index (χ3v) is 4.17. The first kappa shape index (κ1) is 13.4. The van der Waals surface area contributed by atoms with E-state index in [1.165, 1.54) is 5.56 Å². The molecule has 3 heteroatoms. The third-order valence-electron chi connectivity index (χ3n) is 3.65. The van der Waals surface area contributed by atoms with E-state index in [0.29, 0.717) is 0 Å². The Morgan fingerprint density at radius 1 is 1.22 bits per heavy atom. The van der Waals surface area contributed by atoms with Crippen LogP contribution < -0.4 is 5.32 Å². The smallest absolute Gasteiger partial charge is 0.252 e. The van der Waals surface area contributed by atoms with Crippen molar-refractivity contribution < 1.29 is 4.79 Å². The molecule has 1 aromatic rings. The fraction of sp³-hybridized carbons (Fsp3) is 0.533. The molecule has 0 aliphatic heterocycles. The molecule has 1 saturated carbocycles. The summed E-state index contributed by atoms with van der Waals surface area (Å²) >= 11 is 6.20. The number of nitrogens with one attached hydrogen (secondary N) is 1. The molecule has 1 N–H and O–H groups in total. The topological polar surface area (TPSA) is 29.1 Å². The summed E-state index contributed by atoms with van der Waals surface area (Å²) in [5, 5.41) is 3.16. The molecule has 1 aromatic carbocycles. The van der Waals surface area contributed by atoms with Crippen LogP contribution >= 0.6 is 11.6 Å². The van der Waals surface area contributed by atoms with Gasteiger partial charge in [0.2, 0.25) is 0 Å². The van der Waals surface area contributed by atoms with Gasteiger partial charge in [0, 0.05) is 11.6 Å². The van der Waals surface area contributed by atoms with E-state index in [4.69, 9.17) is 11.6 Å². The Morgan fingerprint density at radius 2 is 1.83 bits per heavy atom. The van der Waals surface area contributed by atoms with Gasteiger partial charge in [-0.1, -0.05) is 17.7 Å². The summed E-state index contributed by atoms with van der Waals surface area (Å²) in [6.45, 7) is 6.02. The molecular formula is C15H20ClNO. The van der Waals surface area contributed by atoms with Crippen LogP contribution in [0.5, 0.6) is 0 Å². The molecule has 0 bridgehead atoms. The largest absolute Gasteiger partial charge is 0.348 e. The van der Waals surface area contributed by atoms with E-state index >= 15 is 0 Å². The molecular weight excluding hydrogens is 246 g/mol. The monoisotopic (exact) mass is 265 g/mol. The Kier molecular flexibility index (Phi) is 3.96. The Morgan fingerprint density at radius 3 is 2.33 bits per heavy atom. The van der Waals surface area contributed by atoms with Gasteiger partial charge in [0.15, 0.2) is 0 Å².